The van der Waals surface area contributed by atoms with Gasteiger partial charge in [-0.2, -0.15) is 34.8 Å². The molecule has 6 nitrogen and oxygen atoms in total. The molecule has 2 aromatic heterocycles. The van der Waals surface area contributed by atoms with Gasteiger partial charge in [-0.3, -0.25) is 4.98 Å². The standard InChI is InChI=1S/C10H12F3NO.C9H10F3NO3S/c1-7(2)9-4-3-8(5-14-9)15-6-10(11,12)13;1-6(2)7-3-4-8(13-5-7)16-17(14,15)9(10,11)12/h3-5,7H,6H2,1-2H3;3-6H,1-2H3. The van der Waals surface area contributed by atoms with Crippen molar-refractivity contribution in [2.45, 2.75) is 51.2 Å². The minimum Gasteiger partial charge on any atom is -0.483 e. The molecule has 2 aromatic rings. The first-order chi connectivity index (χ1) is 14.5. The van der Waals surface area contributed by atoms with Crippen LogP contribution in [-0.2, 0) is 10.1 Å². The molecule has 0 aromatic carbocycles. The fourth-order valence-electron chi connectivity index (χ4n) is 1.93. The summed E-state index contributed by atoms with van der Waals surface area (Å²) in [7, 11) is -5.65. The van der Waals surface area contributed by atoms with E-state index in [1.54, 1.807) is 6.07 Å². The molecule has 0 amide bonds. The monoisotopic (exact) mass is 488 g/mol. The zero-order valence-corrected chi connectivity index (χ0v) is 18.3. The number of nitrogens with zero attached hydrogens (tertiary/aromatic N) is 2. The Kier molecular flexibility index (Phi) is 9.30. The number of alkyl halides is 6. The second-order valence-corrected chi connectivity index (χ2v) is 8.58. The average molecular weight is 488 g/mol. The Balaban J connectivity index is 0.000000323. The second-order valence-electron chi connectivity index (χ2n) is 7.04. The number of hydrogen-bond acceptors (Lipinski definition) is 6. The number of halogens is 6. The summed E-state index contributed by atoms with van der Waals surface area (Å²) in [5, 5.41) is 0. The Bertz CT molecular complexity index is 942. The van der Waals surface area contributed by atoms with E-state index >= 15 is 0 Å². The largest absolute Gasteiger partial charge is 0.534 e. The number of ether oxygens (including phenoxy) is 1. The minimum absolute atomic E-state index is 0.135. The van der Waals surface area contributed by atoms with E-state index < -0.39 is 34.3 Å². The Hall–Kier alpha value is -2.57. The van der Waals surface area contributed by atoms with Crippen LogP contribution in [0.4, 0.5) is 26.3 Å². The molecule has 0 radical (unpaired) electrons. The van der Waals surface area contributed by atoms with E-state index in [1.165, 1.54) is 24.5 Å². The fraction of sp³-hybridized carbons (Fsp3) is 0.474. The summed E-state index contributed by atoms with van der Waals surface area (Å²) >= 11 is 0. The molecule has 0 saturated carbocycles. The van der Waals surface area contributed by atoms with Crippen molar-refractivity contribution in [3.63, 3.8) is 0 Å². The molecule has 13 heteroatoms. The molecule has 0 spiro atoms. The van der Waals surface area contributed by atoms with Gasteiger partial charge >= 0.3 is 21.8 Å². The molecule has 0 bridgehead atoms. The highest BCUT2D eigenvalue weighted by molar-refractivity contribution is 7.87. The van der Waals surface area contributed by atoms with Crippen molar-refractivity contribution < 1.29 is 43.7 Å². The normalized spacial score (nSPS) is 12.4. The smallest absolute Gasteiger partial charge is 0.483 e. The van der Waals surface area contributed by atoms with Crippen molar-refractivity contribution in [3.8, 4) is 11.6 Å². The fourth-order valence-corrected chi connectivity index (χ4v) is 2.34. The first-order valence-corrected chi connectivity index (χ1v) is 10.5. The van der Waals surface area contributed by atoms with Gasteiger partial charge in [-0.25, -0.2) is 4.98 Å². The molecule has 2 heterocycles. The van der Waals surface area contributed by atoms with Crippen molar-refractivity contribution >= 4 is 10.1 Å². The third-order valence-electron chi connectivity index (χ3n) is 3.66. The van der Waals surface area contributed by atoms with Crippen molar-refractivity contribution in [3.05, 3.63) is 47.9 Å². The molecule has 0 unspecified atom stereocenters. The molecule has 0 fully saturated rings. The predicted octanol–water partition coefficient (Wildman–Crippen LogP) is 5.58. The van der Waals surface area contributed by atoms with Gasteiger partial charge in [0.2, 0.25) is 5.88 Å². The summed E-state index contributed by atoms with van der Waals surface area (Å²) in [6, 6.07) is 5.70. The number of pyridine rings is 2. The maximum atomic E-state index is 12.0. The quantitative estimate of drug-likeness (QED) is 0.300. The van der Waals surface area contributed by atoms with Crippen LogP contribution in [-0.4, -0.2) is 36.7 Å². The van der Waals surface area contributed by atoms with Gasteiger partial charge in [0.1, 0.15) is 5.75 Å². The van der Waals surface area contributed by atoms with Gasteiger partial charge in [0.25, 0.3) is 0 Å². The van der Waals surface area contributed by atoms with E-state index in [0.29, 0.717) is 0 Å². The molecule has 0 aliphatic carbocycles. The molecule has 180 valence electrons. The number of hydrogen-bond donors (Lipinski definition) is 0. The first-order valence-electron chi connectivity index (χ1n) is 9.14. The molecular weight excluding hydrogens is 466 g/mol. The van der Waals surface area contributed by atoms with Crippen molar-refractivity contribution in [1.29, 1.82) is 0 Å². The van der Waals surface area contributed by atoms with Crippen LogP contribution in [0.3, 0.4) is 0 Å². The van der Waals surface area contributed by atoms with E-state index in [1.807, 2.05) is 27.7 Å². The topological polar surface area (TPSA) is 78.4 Å². The van der Waals surface area contributed by atoms with Crippen LogP contribution in [0.15, 0.2) is 36.7 Å². The van der Waals surface area contributed by atoms with Crippen molar-refractivity contribution in [2.75, 3.05) is 6.61 Å². The Morgan fingerprint density at radius 2 is 1.50 bits per heavy atom. The van der Waals surface area contributed by atoms with Gasteiger partial charge in [0.15, 0.2) is 6.61 Å². The third-order valence-corrected chi connectivity index (χ3v) is 4.61. The van der Waals surface area contributed by atoms with Gasteiger partial charge in [0, 0.05) is 18.0 Å². The van der Waals surface area contributed by atoms with Crippen LogP contribution < -0.4 is 8.92 Å². The highest BCUT2D eigenvalue weighted by Crippen LogP contribution is 2.26. The zero-order chi connectivity index (χ0) is 24.7. The SMILES string of the molecule is CC(C)c1ccc(OCC(F)(F)F)cn1.CC(C)c1ccc(OS(=O)(=O)C(F)(F)F)nc1. The van der Waals surface area contributed by atoms with Gasteiger partial charge < -0.3 is 8.92 Å². The third kappa shape index (κ3) is 9.28. The Morgan fingerprint density at radius 3 is 1.88 bits per heavy atom. The predicted molar refractivity (Wildman–Crippen MR) is 104 cm³/mol. The van der Waals surface area contributed by atoms with Crippen LogP contribution in [0.2, 0.25) is 0 Å². The Labute approximate surface area is 181 Å². The number of rotatable bonds is 6. The Morgan fingerprint density at radius 1 is 0.875 bits per heavy atom. The van der Waals surface area contributed by atoms with Gasteiger partial charge in [-0.05, 0) is 29.5 Å². The average Bonchev–Trinajstić information content (AvgIpc) is 2.66. The molecular formula is C19H22F6N2O4S. The number of aromatic nitrogens is 2. The molecule has 2 rings (SSSR count). The lowest BCUT2D eigenvalue weighted by molar-refractivity contribution is -0.153. The van der Waals surface area contributed by atoms with E-state index in [4.69, 9.17) is 0 Å². The van der Waals surface area contributed by atoms with E-state index in [2.05, 4.69) is 18.9 Å². The maximum Gasteiger partial charge on any atom is 0.534 e. The highest BCUT2D eigenvalue weighted by Gasteiger charge is 2.48. The van der Waals surface area contributed by atoms with Crippen molar-refractivity contribution in [1.82, 2.24) is 9.97 Å². The van der Waals surface area contributed by atoms with Crippen LogP contribution in [0.25, 0.3) is 0 Å². The molecule has 32 heavy (non-hydrogen) atoms. The van der Waals surface area contributed by atoms with Crippen LogP contribution in [0.5, 0.6) is 11.6 Å². The van der Waals surface area contributed by atoms with E-state index in [9.17, 15) is 34.8 Å². The highest BCUT2D eigenvalue weighted by atomic mass is 32.2. The lowest BCUT2D eigenvalue weighted by Crippen LogP contribution is -2.28. The summed E-state index contributed by atoms with van der Waals surface area (Å²) in [4.78, 5) is 7.48. The second kappa shape index (κ2) is 10.8. The molecule has 0 N–H and O–H groups in total. The summed E-state index contributed by atoms with van der Waals surface area (Å²) in [6.07, 6.45) is -1.73. The summed E-state index contributed by atoms with van der Waals surface area (Å²) < 4.78 is 101. The van der Waals surface area contributed by atoms with Crippen LogP contribution >= 0.6 is 0 Å². The first kappa shape index (κ1) is 27.5. The summed E-state index contributed by atoms with van der Waals surface area (Å²) in [6.45, 7) is 6.36. The van der Waals surface area contributed by atoms with E-state index in [0.717, 1.165) is 17.3 Å². The molecule has 0 aliphatic heterocycles. The molecule has 0 atom stereocenters. The summed E-state index contributed by atoms with van der Waals surface area (Å²) in [5.41, 5.74) is -3.86. The van der Waals surface area contributed by atoms with Crippen LogP contribution in [0, 0.1) is 0 Å². The van der Waals surface area contributed by atoms with Crippen LogP contribution in [0.1, 0.15) is 50.8 Å². The van der Waals surface area contributed by atoms with Crippen molar-refractivity contribution in [2.24, 2.45) is 0 Å². The van der Waals surface area contributed by atoms with Gasteiger partial charge in [-0.15, -0.1) is 0 Å². The zero-order valence-electron chi connectivity index (χ0n) is 17.5. The minimum atomic E-state index is -5.65. The molecule has 0 aliphatic rings. The lowest BCUT2D eigenvalue weighted by atomic mass is 10.1. The molecule has 0 saturated heterocycles. The van der Waals surface area contributed by atoms with Gasteiger partial charge in [0.05, 0.1) is 6.20 Å². The van der Waals surface area contributed by atoms with Gasteiger partial charge in [-0.1, -0.05) is 33.8 Å². The maximum absolute atomic E-state index is 12.0. The van der Waals surface area contributed by atoms with E-state index in [-0.39, 0.29) is 17.6 Å². The lowest BCUT2D eigenvalue weighted by Gasteiger charge is -2.09. The summed E-state index contributed by atoms with van der Waals surface area (Å²) in [5.74, 6) is -0.0825.